The van der Waals surface area contributed by atoms with E-state index >= 15 is 0 Å². The lowest BCUT2D eigenvalue weighted by Gasteiger charge is -2.07. The van der Waals surface area contributed by atoms with Gasteiger partial charge in [-0.3, -0.25) is 24.4 Å². The van der Waals surface area contributed by atoms with Gasteiger partial charge in [0.1, 0.15) is 11.4 Å². The summed E-state index contributed by atoms with van der Waals surface area (Å²) < 4.78 is 0. The number of anilines is 1. The van der Waals surface area contributed by atoms with Crippen molar-refractivity contribution in [3.63, 3.8) is 0 Å². The summed E-state index contributed by atoms with van der Waals surface area (Å²) in [7, 11) is 0. The number of carbonyl (C=O) groups is 3. The third-order valence-electron chi connectivity index (χ3n) is 5.28. The molecular weight excluding hydrogens is 468 g/mol. The molecule has 184 valence electrons. The molecule has 0 fully saturated rings. The van der Waals surface area contributed by atoms with E-state index in [1.54, 1.807) is 48.8 Å². The van der Waals surface area contributed by atoms with Crippen molar-refractivity contribution in [1.82, 2.24) is 20.3 Å². The van der Waals surface area contributed by atoms with Crippen LogP contribution in [0.4, 0.5) is 5.69 Å². The standard InChI is InChI=1S/C22H18N4O2.C6H6N2O/c27-21(16-4-2-1-3-5-16)25-18-8-6-15(7-9-18)13-24-22(28)20-12-17-14-23-11-10-19(17)26-20;7-6(9)5-3-1-2-4-8-5/h1-12,14,26H,13H2,(H,24,28)(H,25,27);1-4H,(H2,7,9). The number of H-pyrrole nitrogens is 1. The largest absolute Gasteiger partial charge is 0.364 e. The number of amides is 3. The van der Waals surface area contributed by atoms with Crippen LogP contribution >= 0.6 is 0 Å². The number of primary amides is 1. The fourth-order valence-electron chi connectivity index (χ4n) is 3.38. The summed E-state index contributed by atoms with van der Waals surface area (Å²) in [6, 6.07) is 25.0. The van der Waals surface area contributed by atoms with E-state index in [-0.39, 0.29) is 11.8 Å². The Morgan fingerprint density at radius 3 is 2.24 bits per heavy atom. The van der Waals surface area contributed by atoms with Crippen molar-refractivity contribution < 1.29 is 14.4 Å². The molecule has 0 spiro atoms. The SMILES string of the molecule is NC(=O)c1ccccn1.O=C(Nc1ccc(CNC(=O)c2cc3cnccc3[nH]2)cc1)c1ccccc1. The lowest BCUT2D eigenvalue weighted by atomic mass is 10.2. The normalized spacial score (nSPS) is 10.2. The molecule has 3 aromatic heterocycles. The quantitative estimate of drug-likeness (QED) is 0.284. The van der Waals surface area contributed by atoms with E-state index in [1.165, 1.54) is 6.20 Å². The van der Waals surface area contributed by atoms with Gasteiger partial charge in [0.15, 0.2) is 0 Å². The number of aromatic nitrogens is 3. The molecule has 9 nitrogen and oxygen atoms in total. The summed E-state index contributed by atoms with van der Waals surface area (Å²) in [5, 5.41) is 6.63. The average molecular weight is 493 g/mol. The van der Waals surface area contributed by atoms with Crippen LogP contribution in [0, 0.1) is 0 Å². The zero-order chi connectivity index (χ0) is 26.0. The minimum atomic E-state index is -0.490. The van der Waals surface area contributed by atoms with E-state index in [9.17, 15) is 14.4 Å². The smallest absolute Gasteiger partial charge is 0.267 e. The first-order valence-corrected chi connectivity index (χ1v) is 11.4. The molecular formula is C28H24N6O3. The first-order valence-electron chi connectivity index (χ1n) is 11.4. The molecule has 3 amide bonds. The number of hydrogen-bond donors (Lipinski definition) is 4. The molecule has 0 radical (unpaired) electrons. The van der Waals surface area contributed by atoms with Crippen LogP contribution in [0.5, 0.6) is 0 Å². The molecule has 5 N–H and O–H groups in total. The van der Waals surface area contributed by atoms with Gasteiger partial charge in [0.05, 0.1) is 0 Å². The number of nitrogens with zero attached hydrogens (tertiary/aromatic N) is 2. The number of benzene rings is 2. The van der Waals surface area contributed by atoms with Crippen LogP contribution in [0.3, 0.4) is 0 Å². The third kappa shape index (κ3) is 6.86. The molecule has 0 bridgehead atoms. The van der Waals surface area contributed by atoms with Crippen LogP contribution in [0.1, 0.15) is 36.9 Å². The van der Waals surface area contributed by atoms with Gasteiger partial charge in [-0.1, -0.05) is 36.4 Å². The molecule has 37 heavy (non-hydrogen) atoms. The first-order chi connectivity index (χ1) is 18.0. The monoisotopic (exact) mass is 492 g/mol. The van der Waals surface area contributed by atoms with Crippen molar-refractivity contribution in [2.45, 2.75) is 6.54 Å². The maximum absolute atomic E-state index is 12.3. The summed E-state index contributed by atoms with van der Waals surface area (Å²) in [4.78, 5) is 45.7. The average Bonchev–Trinajstić information content (AvgIpc) is 3.38. The number of aromatic amines is 1. The van der Waals surface area contributed by atoms with E-state index in [4.69, 9.17) is 5.73 Å². The fourth-order valence-corrected chi connectivity index (χ4v) is 3.38. The molecule has 0 aliphatic carbocycles. The van der Waals surface area contributed by atoms with Gasteiger partial charge in [0, 0.05) is 47.3 Å². The van der Waals surface area contributed by atoms with E-state index < -0.39 is 5.91 Å². The van der Waals surface area contributed by atoms with Gasteiger partial charge in [-0.25, -0.2) is 0 Å². The lowest BCUT2D eigenvalue weighted by molar-refractivity contribution is 0.0945. The number of nitrogens with one attached hydrogen (secondary N) is 3. The number of pyridine rings is 2. The Kier molecular flexibility index (Phi) is 7.97. The number of rotatable bonds is 6. The van der Waals surface area contributed by atoms with Crippen LogP contribution in [-0.4, -0.2) is 32.7 Å². The van der Waals surface area contributed by atoms with Gasteiger partial charge in [-0.05, 0) is 54.1 Å². The molecule has 2 aromatic carbocycles. The number of nitrogens with two attached hydrogens (primary N) is 1. The second-order valence-corrected chi connectivity index (χ2v) is 7.92. The summed E-state index contributed by atoms with van der Waals surface area (Å²) in [6.45, 7) is 0.388. The predicted octanol–water partition coefficient (Wildman–Crippen LogP) is 3.93. The van der Waals surface area contributed by atoms with Crippen molar-refractivity contribution in [1.29, 1.82) is 0 Å². The summed E-state index contributed by atoms with van der Waals surface area (Å²) >= 11 is 0. The highest BCUT2D eigenvalue weighted by molar-refractivity contribution is 6.04. The summed E-state index contributed by atoms with van der Waals surface area (Å²) in [5.74, 6) is -0.830. The summed E-state index contributed by atoms with van der Waals surface area (Å²) in [6.07, 6.45) is 4.92. The zero-order valence-electron chi connectivity index (χ0n) is 19.7. The molecule has 0 atom stereocenters. The third-order valence-corrected chi connectivity index (χ3v) is 5.28. The highest BCUT2D eigenvalue weighted by atomic mass is 16.2. The van der Waals surface area contributed by atoms with Gasteiger partial charge in [-0.2, -0.15) is 0 Å². The highest BCUT2D eigenvalue weighted by Crippen LogP contribution is 2.14. The summed E-state index contributed by atoms with van der Waals surface area (Å²) in [5.41, 5.74) is 8.82. The second-order valence-electron chi connectivity index (χ2n) is 7.92. The second kappa shape index (κ2) is 11.9. The topological polar surface area (TPSA) is 143 Å². The van der Waals surface area contributed by atoms with Gasteiger partial charge >= 0.3 is 0 Å². The zero-order valence-corrected chi connectivity index (χ0v) is 19.7. The predicted molar refractivity (Wildman–Crippen MR) is 141 cm³/mol. The van der Waals surface area contributed by atoms with E-state index in [2.05, 4.69) is 25.6 Å². The Morgan fingerprint density at radius 2 is 1.59 bits per heavy atom. The Balaban J connectivity index is 0.000000301. The lowest BCUT2D eigenvalue weighted by Crippen LogP contribution is -2.23. The molecule has 0 aliphatic rings. The number of fused-ring (bicyclic) bond motifs is 1. The molecule has 0 unspecified atom stereocenters. The van der Waals surface area contributed by atoms with Gasteiger partial charge in [-0.15, -0.1) is 0 Å². The maximum Gasteiger partial charge on any atom is 0.267 e. The van der Waals surface area contributed by atoms with Gasteiger partial charge in [0.2, 0.25) is 0 Å². The molecule has 5 rings (SSSR count). The van der Waals surface area contributed by atoms with Crippen LogP contribution < -0.4 is 16.4 Å². The molecule has 0 aliphatic heterocycles. The number of carbonyl (C=O) groups excluding carboxylic acids is 3. The maximum atomic E-state index is 12.3. The van der Waals surface area contributed by atoms with E-state index in [0.29, 0.717) is 29.2 Å². The van der Waals surface area contributed by atoms with Gasteiger partial charge in [0.25, 0.3) is 17.7 Å². The molecule has 0 saturated carbocycles. The first kappa shape index (κ1) is 24.8. The molecule has 0 saturated heterocycles. The Hall–Kier alpha value is -5.31. The highest BCUT2D eigenvalue weighted by Gasteiger charge is 2.09. The molecule has 5 aromatic rings. The van der Waals surface area contributed by atoms with E-state index in [0.717, 1.165) is 16.5 Å². The minimum Gasteiger partial charge on any atom is -0.364 e. The fraction of sp³-hybridized carbons (Fsp3) is 0.0357. The van der Waals surface area contributed by atoms with Crippen LogP contribution in [0.2, 0.25) is 0 Å². The molecule has 9 heteroatoms. The van der Waals surface area contributed by atoms with Crippen molar-refractivity contribution in [2.24, 2.45) is 5.73 Å². The van der Waals surface area contributed by atoms with Crippen molar-refractivity contribution in [2.75, 3.05) is 5.32 Å². The van der Waals surface area contributed by atoms with Crippen molar-refractivity contribution >= 4 is 34.3 Å². The molecule has 3 heterocycles. The Morgan fingerprint density at radius 1 is 0.838 bits per heavy atom. The van der Waals surface area contributed by atoms with Crippen LogP contribution in [0.15, 0.2) is 104 Å². The number of hydrogen-bond acceptors (Lipinski definition) is 5. The van der Waals surface area contributed by atoms with Crippen molar-refractivity contribution in [3.05, 3.63) is 126 Å². The Labute approximate surface area is 212 Å². The van der Waals surface area contributed by atoms with E-state index in [1.807, 2.05) is 48.5 Å². The van der Waals surface area contributed by atoms with Crippen LogP contribution in [0.25, 0.3) is 10.9 Å². The minimum absolute atomic E-state index is 0.157. The van der Waals surface area contributed by atoms with Gasteiger partial charge < -0.3 is 21.4 Å². The van der Waals surface area contributed by atoms with Crippen LogP contribution in [-0.2, 0) is 6.54 Å². The van der Waals surface area contributed by atoms with Crippen molar-refractivity contribution in [3.8, 4) is 0 Å². The Bertz CT molecular complexity index is 1470.